The number of hydrogen-bond donors (Lipinski definition) is 0. The molecule has 5 unspecified atom stereocenters. The predicted octanol–water partition coefficient (Wildman–Crippen LogP) is 11.1. The summed E-state index contributed by atoms with van der Waals surface area (Å²) < 4.78 is 57.0. The van der Waals surface area contributed by atoms with Gasteiger partial charge in [0, 0.05) is 58.5 Å². The molecule has 1 saturated heterocycles. The largest absolute Gasteiger partial charge is 0.307 e. The van der Waals surface area contributed by atoms with E-state index in [0.29, 0.717) is 73.3 Å². The van der Waals surface area contributed by atoms with Crippen molar-refractivity contribution in [3.8, 4) is 0 Å². The monoisotopic (exact) mass is 981 g/mol. The lowest BCUT2D eigenvalue weighted by molar-refractivity contribution is -0.126. The number of amides is 2. The van der Waals surface area contributed by atoms with E-state index in [9.17, 15) is 27.6 Å². The molecule has 12 rings (SSSR count). The molecule has 0 bridgehead atoms. The normalized spacial score (nSPS) is 25.8. The first-order valence-electron chi connectivity index (χ1n) is 26.0. The summed E-state index contributed by atoms with van der Waals surface area (Å²) >= 11 is 0. The lowest BCUT2D eigenvalue weighted by atomic mass is 9.73. The second-order valence-electron chi connectivity index (χ2n) is 20.7. The van der Waals surface area contributed by atoms with Crippen molar-refractivity contribution in [1.82, 2.24) is 4.90 Å². The number of piperidine rings is 1. The Morgan fingerprint density at radius 2 is 1.07 bits per heavy atom. The Kier molecular flexibility index (Phi) is 14.3. The van der Waals surface area contributed by atoms with Crippen LogP contribution in [0.15, 0.2) is 105 Å². The van der Waals surface area contributed by atoms with Gasteiger partial charge in [-0.1, -0.05) is 86.3 Å². The summed E-state index contributed by atoms with van der Waals surface area (Å²) in [5.74, 6) is -0.707. The Bertz CT molecular complexity index is 2850. The van der Waals surface area contributed by atoms with E-state index in [4.69, 9.17) is 0 Å². The van der Waals surface area contributed by atoms with Gasteiger partial charge in [0.25, 0.3) is 0 Å². The average molecular weight is 982 g/mol. The number of aliphatic imine (C=N–C) groups is 4. The van der Waals surface area contributed by atoms with E-state index in [1.54, 1.807) is 34.4 Å². The predicted molar refractivity (Wildman–Crippen MR) is 275 cm³/mol. The number of fused-ring (bicyclic) bond motifs is 4. The maximum Gasteiger partial charge on any atom is 0.238 e. The molecule has 376 valence electrons. The quantitative estimate of drug-likeness (QED) is 0.172. The van der Waals surface area contributed by atoms with Crippen molar-refractivity contribution in [2.24, 2.45) is 20.0 Å². The van der Waals surface area contributed by atoms with Crippen LogP contribution in [0.3, 0.4) is 0 Å². The van der Waals surface area contributed by atoms with Crippen molar-refractivity contribution in [1.29, 1.82) is 0 Å². The van der Waals surface area contributed by atoms with Crippen molar-refractivity contribution in [2.45, 2.75) is 158 Å². The highest BCUT2D eigenvalue weighted by Crippen LogP contribution is 2.52. The van der Waals surface area contributed by atoms with Crippen LogP contribution in [0.2, 0.25) is 0 Å². The number of halogens is 4. The average Bonchev–Trinajstić information content (AvgIpc) is 4.24. The highest BCUT2D eigenvalue weighted by molar-refractivity contribution is 6.39. The molecule has 8 aliphatic rings. The topological polar surface area (TPSA) is 110 Å². The second kappa shape index (κ2) is 20.8. The first-order chi connectivity index (χ1) is 34.8. The van der Waals surface area contributed by atoms with Crippen molar-refractivity contribution in [3.05, 3.63) is 130 Å². The summed E-state index contributed by atoms with van der Waals surface area (Å²) in [6.07, 6.45) is 12.7. The van der Waals surface area contributed by atoms with E-state index >= 15 is 4.39 Å². The number of Topliss-reactive ketones (excluding diaryl/α,β-unsaturated/α-hetero) is 1. The molecule has 0 N–H and O–H groups in total. The standard InChI is InChI=1S/C29H32F2N4O.C23H22FN3O.C6H9FO/c1-19-32-17-25(33-19)20-10-11-21(24(31)16-20)18-35-26-8-4-2-6-22(26)29(28(35)36)12-14-34(15-13-29)27-9-5-3-7-23(27)30;1-15-25-13-20(26-15)16-8-9-17(19(24)12-16)14-27-21-7-3-2-6-18(21)23(22(27)28)10-4-5-11-23;7-5-3-1-2-4-6(5)8/h2,4,6,8,10-11,16-17,19,23,27H,3,5,7,9,12-15,18H2,1H3;2-3,6-9,12-13,15H,4-5,10-11,14H2,1H3;5H,1-4H2. The number of para-hydroxylation sites is 2. The zero-order valence-corrected chi connectivity index (χ0v) is 41.2. The van der Waals surface area contributed by atoms with Crippen LogP contribution in [0.5, 0.6) is 0 Å². The second-order valence-corrected chi connectivity index (χ2v) is 20.7. The Labute approximate surface area is 419 Å². The van der Waals surface area contributed by atoms with Crippen LogP contribution in [-0.4, -0.2) is 90.2 Å². The molecule has 4 aromatic carbocycles. The zero-order chi connectivity index (χ0) is 50.1. The van der Waals surface area contributed by atoms with Crippen molar-refractivity contribution in [3.63, 3.8) is 0 Å². The summed E-state index contributed by atoms with van der Waals surface area (Å²) in [5, 5.41) is 0. The van der Waals surface area contributed by atoms with Crippen LogP contribution < -0.4 is 9.80 Å². The third-order valence-corrected chi connectivity index (χ3v) is 16.3. The molecule has 0 aromatic heterocycles. The van der Waals surface area contributed by atoms with Gasteiger partial charge in [-0.05, 0) is 120 Å². The molecule has 5 heterocycles. The molecule has 14 heteroatoms. The minimum Gasteiger partial charge on any atom is -0.307 e. The lowest BCUT2D eigenvalue weighted by Gasteiger charge is -2.44. The van der Waals surface area contributed by atoms with E-state index in [0.717, 1.165) is 85.9 Å². The number of likely N-dealkylation sites (tertiary alicyclic amines) is 1. The molecule has 5 atom stereocenters. The Balaban J connectivity index is 0.000000147. The molecule has 10 nitrogen and oxygen atoms in total. The lowest BCUT2D eigenvalue weighted by Crippen LogP contribution is -2.53. The van der Waals surface area contributed by atoms with Gasteiger partial charge in [-0.2, -0.15) is 0 Å². The molecule has 3 saturated carbocycles. The molecular weight excluding hydrogens is 919 g/mol. The molecule has 3 aliphatic carbocycles. The fourth-order valence-electron chi connectivity index (χ4n) is 12.3. The number of carbonyl (C=O) groups is 3. The highest BCUT2D eigenvalue weighted by atomic mass is 19.1. The van der Waals surface area contributed by atoms with Crippen LogP contribution >= 0.6 is 0 Å². The van der Waals surface area contributed by atoms with Crippen LogP contribution in [0.1, 0.15) is 137 Å². The molecule has 0 radical (unpaired) electrons. The number of ketones is 1. The third kappa shape index (κ3) is 9.51. The number of nitrogens with zero attached hydrogens (tertiary/aromatic N) is 7. The molecule has 5 aliphatic heterocycles. The summed E-state index contributed by atoms with van der Waals surface area (Å²) in [7, 11) is 0. The van der Waals surface area contributed by atoms with E-state index in [1.165, 1.54) is 12.1 Å². The fourth-order valence-corrected chi connectivity index (χ4v) is 12.3. The van der Waals surface area contributed by atoms with E-state index in [2.05, 4.69) is 30.9 Å². The van der Waals surface area contributed by atoms with Crippen LogP contribution in [0.25, 0.3) is 0 Å². The van der Waals surface area contributed by atoms with Gasteiger partial charge in [0.05, 0.1) is 35.3 Å². The van der Waals surface area contributed by atoms with Gasteiger partial charge >= 0.3 is 0 Å². The molecule has 2 amide bonds. The van der Waals surface area contributed by atoms with Gasteiger partial charge in [-0.15, -0.1) is 0 Å². The molecule has 72 heavy (non-hydrogen) atoms. The smallest absolute Gasteiger partial charge is 0.238 e. The molecule has 4 fully saturated rings. The zero-order valence-electron chi connectivity index (χ0n) is 41.2. The summed E-state index contributed by atoms with van der Waals surface area (Å²) in [6, 6.07) is 26.1. The molecular formula is C58H63F4N7O3. The van der Waals surface area contributed by atoms with Gasteiger partial charge in [-0.25, -0.2) is 17.6 Å². The molecule has 2 spiro atoms. The van der Waals surface area contributed by atoms with Crippen molar-refractivity contribution in [2.75, 3.05) is 22.9 Å². The highest BCUT2D eigenvalue weighted by Gasteiger charge is 2.54. The number of rotatable bonds is 7. The van der Waals surface area contributed by atoms with E-state index in [-0.39, 0.29) is 60.7 Å². The minimum atomic E-state index is -1.14. The van der Waals surface area contributed by atoms with Gasteiger partial charge in [0.1, 0.15) is 30.1 Å². The Morgan fingerprint density at radius 3 is 1.51 bits per heavy atom. The summed E-state index contributed by atoms with van der Waals surface area (Å²) in [5.41, 5.74) is 6.68. The minimum absolute atomic E-state index is 0.0240. The summed E-state index contributed by atoms with van der Waals surface area (Å²) in [6.45, 7) is 5.63. The molecule has 4 aromatic rings. The van der Waals surface area contributed by atoms with Crippen LogP contribution in [0.4, 0.5) is 28.9 Å². The van der Waals surface area contributed by atoms with Gasteiger partial charge in [0.15, 0.2) is 12.0 Å². The van der Waals surface area contributed by atoms with Gasteiger partial charge in [0.2, 0.25) is 11.8 Å². The van der Waals surface area contributed by atoms with Crippen molar-refractivity contribution >= 4 is 52.8 Å². The SMILES string of the molecule is CC1N=CC(c2ccc(CN3C(=O)C4(CCCC4)c4ccccc43)c(F)c2)=N1.CC1N=CC(c2ccc(CN3C(=O)C4(CCN(C5CCCCC5F)CC4)c4ccccc43)c(F)c2)=N1.O=C1CCCCC1F. The number of benzene rings is 4. The van der Waals surface area contributed by atoms with Gasteiger partial charge in [-0.3, -0.25) is 39.3 Å². The number of carbonyl (C=O) groups excluding carboxylic acids is 3. The first kappa shape index (κ1) is 49.4. The first-order valence-corrected chi connectivity index (χ1v) is 26.0. The Hall–Kier alpha value is -6.15. The van der Waals surface area contributed by atoms with Crippen LogP contribution in [-0.2, 0) is 38.3 Å². The maximum atomic E-state index is 15.2. The van der Waals surface area contributed by atoms with E-state index in [1.807, 2.05) is 68.4 Å². The number of anilines is 2. The van der Waals surface area contributed by atoms with Gasteiger partial charge < -0.3 is 9.80 Å². The fraction of sp³-hybridized carbons (Fsp3) is 0.466. The van der Waals surface area contributed by atoms with E-state index < -0.39 is 23.2 Å². The summed E-state index contributed by atoms with van der Waals surface area (Å²) in [4.78, 5) is 60.8. The number of hydrogen-bond acceptors (Lipinski definition) is 8. The maximum absolute atomic E-state index is 15.2. The Morgan fingerprint density at radius 1 is 0.583 bits per heavy atom. The number of alkyl halides is 2. The van der Waals surface area contributed by atoms with Crippen molar-refractivity contribution < 1.29 is 31.9 Å². The van der Waals surface area contributed by atoms with Crippen LogP contribution in [0, 0.1) is 11.6 Å². The third-order valence-electron chi connectivity index (χ3n) is 16.3.